The van der Waals surface area contributed by atoms with E-state index >= 15 is 0 Å². The smallest absolute Gasteiger partial charge is 0.164 e. The summed E-state index contributed by atoms with van der Waals surface area (Å²) in [6, 6.07) is 62.2. The Labute approximate surface area is 331 Å². The van der Waals surface area contributed by atoms with Crippen molar-refractivity contribution in [1.29, 1.82) is 0 Å². The Kier molecular flexibility index (Phi) is 7.13. The minimum atomic E-state index is 0.574. The molecule has 0 atom stereocenters. The van der Waals surface area contributed by atoms with Crippen LogP contribution >= 0.6 is 0 Å². The molecule has 0 N–H and O–H groups in total. The van der Waals surface area contributed by atoms with Crippen molar-refractivity contribution < 1.29 is 8.83 Å². The Morgan fingerprint density at radius 2 is 0.897 bits per heavy atom. The van der Waals surface area contributed by atoms with Crippen LogP contribution in [-0.4, -0.2) is 19.9 Å². The molecule has 6 nitrogen and oxygen atoms in total. The lowest BCUT2D eigenvalue weighted by atomic mass is 10.00. The lowest BCUT2D eigenvalue weighted by Gasteiger charge is -2.11. The van der Waals surface area contributed by atoms with Gasteiger partial charge in [-0.25, -0.2) is 19.9 Å². The van der Waals surface area contributed by atoms with Gasteiger partial charge in [0, 0.05) is 54.7 Å². The second-order valence-electron chi connectivity index (χ2n) is 14.6. The van der Waals surface area contributed by atoms with Gasteiger partial charge in [-0.2, -0.15) is 0 Å². The van der Waals surface area contributed by atoms with Gasteiger partial charge in [-0.15, -0.1) is 0 Å². The maximum atomic E-state index is 6.50. The van der Waals surface area contributed by atoms with Crippen LogP contribution in [0.3, 0.4) is 0 Å². The normalized spacial score (nSPS) is 11.8. The number of hydrogen-bond acceptors (Lipinski definition) is 6. The Balaban J connectivity index is 1.00. The van der Waals surface area contributed by atoms with E-state index in [1.54, 1.807) is 0 Å². The third-order valence-electron chi connectivity index (χ3n) is 11.1. The van der Waals surface area contributed by atoms with Gasteiger partial charge in [0.1, 0.15) is 22.4 Å². The highest BCUT2D eigenvalue weighted by Gasteiger charge is 2.19. The van der Waals surface area contributed by atoms with Crippen LogP contribution in [0, 0.1) is 0 Å². The quantitative estimate of drug-likeness (QED) is 0.175. The van der Waals surface area contributed by atoms with Crippen molar-refractivity contribution >= 4 is 65.6 Å². The average molecular weight is 743 g/mol. The molecule has 0 unspecified atom stereocenters. The first-order valence-electron chi connectivity index (χ1n) is 19.3. The zero-order chi connectivity index (χ0) is 38.2. The van der Waals surface area contributed by atoms with Crippen molar-refractivity contribution in [3.8, 4) is 56.5 Å². The van der Waals surface area contributed by atoms with Crippen molar-refractivity contribution in [3.05, 3.63) is 182 Å². The number of pyridine rings is 1. The molecule has 12 aromatic rings. The van der Waals surface area contributed by atoms with Gasteiger partial charge in [-0.1, -0.05) is 152 Å². The number of hydrogen-bond donors (Lipinski definition) is 0. The van der Waals surface area contributed by atoms with Crippen LogP contribution in [-0.2, 0) is 0 Å². The Morgan fingerprint density at radius 1 is 0.328 bits per heavy atom. The minimum absolute atomic E-state index is 0.574. The maximum Gasteiger partial charge on any atom is 0.164 e. The summed E-state index contributed by atoms with van der Waals surface area (Å²) in [7, 11) is 0. The Morgan fingerprint density at radius 3 is 1.72 bits per heavy atom. The van der Waals surface area contributed by atoms with E-state index in [2.05, 4.69) is 133 Å². The molecule has 58 heavy (non-hydrogen) atoms. The van der Waals surface area contributed by atoms with Gasteiger partial charge in [-0.05, 0) is 46.7 Å². The molecule has 0 amide bonds. The molecule has 0 aliphatic heterocycles. The summed E-state index contributed by atoms with van der Waals surface area (Å²) < 4.78 is 12.9. The van der Waals surface area contributed by atoms with E-state index in [0.29, 0.717) is 17.5 Å². The van der Waals surface area contributed by atoms with Gasteiger partial charge in [-0.3, -0.25) is 0 Å². The second-order valence-corrected chi connectivity index (χ2v) is 14.6. The molecule has 0 radical (unpaired) electrons. The summed E-state index contributed by atoms with van der Waals surface area (Å²) >= 11 is 0. The zero-order valence-electron chi connectivity index (χ0n) is 30.9. The van der Waals surface area contributed by atoms with E-state index in [1.165, 1.54) is 0 Å². The average Bonchev–Trinajstić information content (AvgIpc) is 3.88. The van der Waals surface area contributed by atoms with Crippen LogP contribution in [0.15, 0.2) is 191 Å². The maximum absolute atomic E-state index is 6.50. The number of fused-ring (bicyclic) bond motifs is 9. The fourth-order valence-electron chi connectivity index (χ4n) is 8.30. The Hall–Kier alpha value is -7.96. The van der Waals surface area contributed by atoms with E-state index in [9.17, 15) is 0 Å². The molecule has 4 heterocycles. The molecule has 0 saturated heterocycles. The highest BCUT2D eigenvalue weighted by atomic mass is 16.3. The third-order valence-corrected chi connectivity index (χ3v) is 11.1. The summed E-state index contributed by atoms with van der Waals surface area (Å²) in [6.45, 7) is 0. The second kappa shape index (κ2) is 12.8. The van der Waals surface area contributed by atoms with Crippen molar-refractivity contribution in [2.24, 2.45) is 0 Å². The van der Waals surface area contributed by atoms with E-state index in [4.69, 9.17) is 28.8 Å². The molecular formula is C52H30N4O2. The molecular weight excluding hydrogens is 713 g/mol. The fraction of sp³-hybridized carbons (Fsp3) is 0. The lowest BCUT2D eigenvalue weighted by Crippen LogP contribution is -2.00. The van der Waals surface area contributed by atoms with Crippen LogP contribution in [0.2, 0.25) is 0 Å². The first-order chi connectivity index (χ1) is 28.7. The van der Waals surface area contributed by atoms with Gasteiger partial charge in [0.2, 0.25) is 0 Å². The SMILES string of the molecule is c1cc(-c2nc(-c3ccc(-c4nc5ccccc5c5c4oc4ccccc45)cc3)nc(-c3ccc4ccccc4c3)n2)cc(-c2cccc3c2oc2ccccc23)c1. The Bertz CT molecular complexity index is 3580. The van der Waals surface area contributed by atoms with Crippen molar-refractivity contribution in [1.82, 2.24) is 19.9 Å². The number of aromatic nitrogens is 4. The predicted molar refractivity (Wildman–Crippen MR) is 234 cm³/mol. The van der Waals surface area contributed by atoms with Crippen LogP contribution in [0.1, 0.15) is 0 Å². The summed E-state index contributed by atoms with van der Waals surface area (Å²) in [5, 5.41) is 7.68. The van der Waals surface area contributed by atoms with Gasteiger partial charge >= 0.3 is 0 Å². The molecule has 12 rings (SSSR count). The number of para-hydroxylation sites is 4. The molecule has 0 aliphatic carbocycles. The summed E-state index contributed by atoms with van der Waals surface area (Å²) in [5.74, 6) is 1.75. The van der Waals surface area contributed by atoms with Gasteiger partial charge in [0.15, 0.2) is 23.1 Å². The van der Waals surface area contributed by atoms with Crippen LogP contribution < -0.4 is 0 Å². The number of furan rings is 2. The summed E-state index contributed by atoms with van der Waals surface area (Å²) in [6.07, 6.45) is 0. The molecule has 0 saturated carbocycles. The van der Waals surface area contributed by atoms with E-state index in [-0.39, 0.29) is 0 Å². The molecule has 4 aromatic heterocycles. The largest absolute Gasteiger partial charge is 0.455 e. The van der Waals surface area contributed by atoms with Crippen LogP contribution in [0.5, 0.6) is 0 Å². The summed E-state index contributed by atoms with van der Waals surface area (Å²) in [4.78, 5) is 20.5. The predicted octanol–water partition coefficient (Wildman–Crippen LogP) is 13.7. The highest BCUT2D eigenvalue weighted by Crippen LogP contribution is 2.40. The molecule has 8 aromatic carbocycles. The van der Waals surface area contributed by atoms with E-state index in [1.807, 2.05) is 48.5 Å². The number of benzene rings is 8. The van der Waals surface area contributed by atoms with Crippen LogP contribution in [0.4, 0.5) is 0 Å². The van der Waals surface area contributed by atoms with Gasteiger partial charge < -0.3 is 8.83 Å². The number of rotatable bonds is 5. The lowest BCUT2D eigenvalue weighted by molar-refractivity contribution is 0.668. The van der Waals surface area contributed by atoms with Crippen molar-refractivity contribution in [3.63, 3.8) is 0 Å². The monoisotopic (exact) mass is 742 g/mol. The fourth-order valence-corrected chi connectivity index (χ4v) is 8.30. The van der Waals surface area contributed by atoms with Crippen molar-refractivity contribution in [2.75, 3.05) is 0 Å². The van der Waals surface area contributed by atoms with E-state index in [0.717, 1.165) is 105 Å². The topological polar surface area (TPSA) is 77.8 Å². The molecule has 0 fully saturated rings. The first-order valence-corrected chi connectivity index (χ1v) is 19.3. The van der Waals surface area contributed by atoms with Gasteiger partial charge in [0.05, 0.1) is 5.52 Å². The molecule has 6 heteroatoms. The van der Waals surface area contributed by atoms with Crippen molar-refractivity contribution in [2.45, 2.75) is 0 Å². The molecule has 270 valence electrons. The first kappa shape index (κ1) is 32.3. The highest BCUT2D eigenvalue weighted by molar-refractivity contribution is 6.20. The molecule has 0 aliphatic rings. The minimum Gasteiger partial charge on any atom is -0.455 e. The molecule has 0 spiro atoms. The third kappa shape index (κ3) is 5.20. The summed E-state index contributed by atoms with van der Waals surface area (Å²) in [5.41, 5.74) is 10.7. The number of nitrogens with zero attached hydrogens (tertiary/aromatic N) is 4. The van der Waals surface area contributed by atoms with Crippen LogP contribution in [0.25, 0.3) is 122 Å². The van der Waals surface area contributed by atoms with E-state index < -0.39 is 0 Å². The van der Waals surface area contributed by atoms with Gasteiger partial charge in [0.25, 0.3) is 0 Å². The standard InChI is InChI=1S/C52H30N4O2/c1-2-12-34-29-37(28-23-31(34)11-1)52-55-50(54-51(56-52)36-14-9-13-35(30-36)38-18-10-19-40-39-15-4-7-21-44(39)57-48(38)40)33-26-24-32(25-27-33)47-49-46(41-16-3-6-20-43(41)53-47)42-17-5-8-22-45(42)58-49/h1-30H. The zero-order valence-corrected chi connectivity index (χ0v) is 30.9. The molecule has 0 bridgehead atoms.